The maximum atomic E-state index is 12.8. The number of carbonyl (C=O) groups excluding carboxylic acids is 3. The van der Waals surface area contributed by atoms with Gasteiger partial charge in [0.15, 0.2) is 0 Å². The van der Waals surface area contributed by atoms with Crippen LogP contribution < -0.4 is 5.32 Å². The van der Waals surface area contributed by atoms with E-state index in [1.54, 1.807) is 4.90 Å². The summed E-state index contributed by atoms with van der Waals surface area (Å²) in [6.45, 7) is 6.07. The van der Waals surface area contributed by atoms with E-state index in [1.807, 2.05) is 13.8 Å². The molecule has 0 radical (unpaired) electrons. The maximum absolute atomic E-state index is 12.8. The summed E-state index contributed by atoms with van der Waals surface area (Å²) in [5.74, 6) is -0.207. The Kier molecular flexibility index (Phi) is 8.70. The Morgan fingerprint density at radius 2 is 2.00 bits per heavy atom. The molecule has 3 atom stereocenters. The van der Waals surface area contributed by atoms with Crippen LogP contribution in [-0.4, -0.2) is 66.6 Å². The van der Waals surface area contributed by atoms with Gasteiger partial charge in [-0.25, -0.2) is 0 Å². The van der Waals surface area contributed by atoms with Crippen LogP contribution in [-0.2, 0) is 19.1 Å². The maximum Gasteiger partial charge on any atom is 0.223 e. The summed E-state index contributed by atoms with van der Waals surface area (Å²) in [6.07, 6.45) is 3.58. The molecule has 0 bridgehead atoms. The molecule has 27 heavy (non-hydrogen) atoms. The molecular weight excluding hydrogens is 348 g/mol. The van der Waals surface area contributed by atoms with E-state index in [0.29, 0.717) is 45.6 Å². The van der Waals surface area contributed by atoms with Gasteiger partial charge in [0.2, 0.25) is 11.8 Å². The van der Waals surface area contributed by atoms with Gasteiger partial charge in [-0.2, -0.15) is 0 Å². The Hall–Kier alpha value is -1.47. The topological polar surface area (TPSA) is 95.9 Å². The molecule has 1 saturated heterocycles. The van der Waals surface area contributed by atoms with Crippen molar-refractivity contribution in [2.24, 2.45) is 17.8 Å². The molecule has 0 spiro atoms. The van der Waals surface area contributed by atoms with Crippen LogP contribution >= 0.6 is 0 Å². The molecular formula is C20H34N2O5. The molecule has 2 amide bonds. The molecule has 1 saturated carbocycles. The first kappa shape index (κ1) is 21.8. The number of aliphatic hydroxyl groups excluding tert-OH is 1. The van der Waals surface area contributed by atoms with Crippen LogP contribution in [0.1, 0.15) is 52.4 Å². The van der Waals surface area contributed by atoms with Crippen molar-refractivity contribution in [2.45, 2.75) is 58.4 Å². The summed E-state index contributed by atoms with van der Waals surface area (Å²) < 4.78 is 5.28. The van der Waals surface area contributed by atoms with Gasteiger partial charge in [0.1, 0.15) is 5.78 Å². The summed E-state index contributed by atoms with van der Waals surface area (Å²) in [7, 11) is 0. The lowest BCUT2D eigenvalue weighted by Crippen LogP contribution is -2.45. The third kappa shape index (κ3) is 6.88. The van der Waals surface area contributed by atoms with Gasteiger partial charge >= 0.3 is 0 Å². The zero-order valence-corrected chi connectivity index (χ0v) is 16.6. The minimum atomic E-state index is -0.433. The highest BCUT2D eigenvalue weighted by atomic mass is 16.5. The van der Waals surface area contributed by atoms with Crippen LogP contribution in [0.3, 0.4) is 0 Å². The van der Waals surface area contributed by atoms with E-state index in [0.717, 1.165) is 12.8 Å². The lowest BCUT2D eigenvalue weighted by atomic mass is 9.91. The van der Waals surface area contributed by atoms with Gasteiger partial charge in [0.25, 0.3) is 0 Å². The summed E-state index contributed by atoms with van der Waals surface area (Å²) >= 11 is 0. The van der Waals surface area contributed by atoms with E-state index >= 15 is 0 Å². The number of ether oxygens (including phenoxy) is 1. The predicted molar refractivity (Wildman–Crippen MR) is 101 cm³/mol. The van der Waals surface area contributed by atoms with Crippen LogP contribution in [0.5, 0.6) is 0 Å². The second kappa shape index (κ2) is 10.8. The number of rotatable bonds is 9. The summed E-state index contributed by atoms with van der Waals surface area (Å²) in [5.41, 5.74) is 0. The molecule has 2 rings (SSSR count). The van der Waals surface area contributed by atoms with E-state index in [1.165, 1.54) is 0 Å². The Balaban J connectivity index is 1.93. The van der Waals surface area contributed by atoms with Crippen molar-refractivity contribution in [1.82, 2.24) is 10.2 Å². The molecule has 2 aliphatic rings. The zero-order chi connectivity index (χ0) is 19.8. The van der Waals surface area contributed by atoms with Gasteiger partial charge in [-0.1, -0.05) is 13.8 Å². The molecule has 7 nitrogen and oxygen atoms in total. The van der Waals surface area contributed by atoms with E-state index in [2.05, 4.69) is 5.32 Å². The van der Waals surface area contributed by atoms with Crippen LogP contribution in [0.15, 0.2) is 0 Å². The Labute approximate surface area is 161 Å². The third-order valence-electron chi connectivity index (χ3n) is 5.48. The highest BCUT2D eigenvalue weighted by Crippen LogP contribution is 2.26. The molecule has 7 heteroatoms. The number of hydrogen-bond donors (Lipinski definition) is 2. The van der Waals surface area contributed by atoms with Gasteiger partial charge in [-0.3, -0.25) is 14.4 Å². The fourth-order valence-corrected chi connectivity index (χ4v) is 3.98. The van der Waals surface area contributed by atoms with Gasteiger partial charge in [-0.05, 0) is 31.6 Å². The third-order valence-corrected chi connectivity index (χ3v) is 5.48. The fraction of sp³-hybridized carbons (Fsp3) is 0.850. The van der Waals surface area contributed by atoms with E-state index in [-0.39, 0.29) is 42.5 Å². The Bertz CT molecular complexity index is 517. The molecule has 0 aromatic carbocycles. The van der Waals surface area contributed by atoms with Crippen molar-refractivity contribution in [3.05, 3.63) is 0 Å². The lowest BCUT2D eigenvalue weighted by molar-refractivity contribution is -0.140. The van der Waals surface area contributed by atoms with Crippen molar-refractivity contribution in [2.75, 3.05) is 32.9 Å². The monoisotopic (exact) mass is 382 g/mol. The molecule has 1 heterocycles. The lowest BCUT2D eigenvalue weighted by Gasteiger charge is -2.29. The van der Waals surface area contributed by atoms with E-state index in [9.17, 15) is 19.5 Å². The van der Waals surface area contributed by atoms with Gasteiger partial charge in [-0.15, -0.1) is 0 Å². The normalized spacial score (nSPS) is 22.7. The molecule has 1 aliphatic heterocycles. The van der Waals surface area contributed by atoms with Crippen LogP contribution in [0, 0.1) is 17.8 Å². The SMILES string of the molecule is CC(C)C[C@H](CC(=O)N1CCOCC1)C(=O)N[C@H](CO)CC1CCCC1=O. The minimum Gasteiger partial charge on any atom is -0.394 e. The van der Waals surface area contributed by atoms with E-state index < -0.39 is 12.0 Å². The minimum absolute atomic E-state index is 0.0226. The second-order valence-electron chi connectivity index (χ2n) is 8.20. The largest absolute Gasteiger partial charge is 0.394 e. The average Bonchev–Trinajstić information content (AvgIpc) is 3.05. The quantitative estimate of drug-likeness (QED) is 0.623. The smallest absolute Gasteiger partial charge is 0.223 e. The summed E-state index contributed by atoms with van der Waals surface area (Å²) in [5, 5.41) is 12.5. The number of ketones is 1. The number of morpholine rings is 1. The number of amides is 2. The zero-order valence-electron chi connectivity index (χ0n) is 16.6. The number of aliphatic hydroxyl groups is 1. The van der Waals surface area contributed by atoms with Gasteiger partial charge in [0.05, 0.1) is 25.9 Å². The Morgan fingerprint density at radius 3 is 2.56 bits per heavy atom. The van der Waals surface area contributed by atoms with Crippen molar-refractivity contribution in [3.63, 3.8) is 0 Å². The average molecular weight is 383 g/mol. The summed E-state index contributed by atoms with van der Waals surface area (Å²) in [6, 6.07) is -0.433. The van der Waals surface area contributed by atoms with Gasteiger partial charge in [0, 0.05) is 37.8 Å². The second-order valence-corrected chi connectivity index (χ2v) is 8.20. The highest BCUT2D eigenvalue weighted by Gasteiger charge is 2.31. The first-order chi connectivity index (χ1) is 12.9. The molecule has 154 valence electrons. The van der Waals surface area contributed by atoms with Crippen LogP contribution in [0.25, 0.3) is 0 Å². The Morgan fingerprint density at radius 1 is 1.30 bits per heavy atom. The fourth-order valence-electron chi connectivity index (χ4n) is 3.98. The molecule has 2 fully saturated rings. The van der Waals surface area contributed by atoms with Crippen molar-refractivity contribution in [3.8, 4) is 0 Å². The number of nitrogens with zero attached hydrogens (tertiary/aromatic N) is 1. The molecule has 1 unspecified atom stereocenters. The van der Waals surface area contributed by atoms with Crippen molar-refractivity contribution < 1.29 is 24.2 Å². The van der Waals surface area contributed by atoms with Crippen molar-refractivity contribution >= 4 is 17.6 Å². The number of Topliss-reactive ketones (excluding diaryl/α,β-unsaturated/α-hetero) is 1. The standard InChI is InChI=1S/C20H34N2O5/c1-14(2)10-16(12-19(25)22-6-8-27-9-7-22)20(26)21-17(13-23)11-15-4-3-5-18(15)24/h14-17,23H,3-13H2,1-2H3,(H,21,26)/t15?,16-,17+/m1/s1. The van der Waals surface area contributed by atoms with Crippen LogP contribution in [0.4, 0.5) is 0 Å². The van der Waals surface area contributed by atoms with Crippen molar-refractivity contribution in [1.29, 1.82) is 0 Å². The number of nitrogens with one attached hydrogen (secondary N) is 1. The van der Waals surface area contributed by atoms with Gasteiger partial charge < -0.3 is 20.1 Å². The predicted octanol–water partition coefficient (Wildman–Crippen LogP) is 1.13. The van der Waals surface area contributed by atoms with Crippen LogP contribution in [0.2, 0.25) is 0 Å². The molecule has 1 aliphatic carbocycles. The number of carbonyl (C=O) groups is 3. The molecule has 0 aromatic rings. The first-order valence-corrected chi connectivity index (χ1v) is 10.2. The summed E-state index contributed by atoms with van der Waals surface area (Å²) in [4.78, 5) is 39.0. The van der Waals surface area contributed by atoms with E-state index in [4.69, 9.17) is 4.74 Å². The molecule has 0 aromatic heterocycles. The number of hydrogen-bond acceptors (Lipinski definition) is 5. The highest BCUT2D eigenvalue weighted by molar-refractivity contribution is 5.86. The molecule has 2 N–H and O–H groups in total. The first-order valence-electron chi connectivity index (χ1n) is 10.2.